The van der Waals surface area contributed by atoms with Crippen molar-refractivity contribution in [2.75, 3.05) is 5.32 Å². The number of carbonyl (C=O) groups is 1. The van der Waals surface area contributed by atoms with Crippen molar-refractivity contribution in [1.82, 2.24) is 10.3 Å². The Morgan fingerprint density at radius 2 is 1.92 bits per heavy atom. The Morgan fingerprint density at radius 3 is 2.64 bits per heavy atom. The van der Waals surface area contributed by atoms with E-state index in [2.05, 4.69) is 31.6 Å². The number of halogens is 2. The van der Waals surface area contributed by atoms with Crippen LogP contribution in [0.5, 0.6) is 5.75 Å². The molecule has 0 spiro atoms. The minimum absolute atomic E-state index is 0.00318. The summed E-state index contributed by atoms with van der Waals surface area (Å²) in [6, 6.07) is 13.1. The zero-order valence-corrected chi connectivity index (χ0v) is 14.7. The second-order valence-corrected chi connectivity index (χ2v) is 6.06. The molecule has 0 fully saturated rings. The van der Waals surface area contributed by atoms with Crippen molar-refractivity contribution in [2.45, 2.75) is 13.0 Å². The third kappa shape index (κ3) is 4.03. The number of ether oxygens (including phenoxy) is 1. The molecule has 0 aliphatic rings. The Kier molecular flexibility index (Phi) is 5.08. The maximum absolute atomic E-state index is 13.6. The van der Waals surface area contributed by atoms with E-state index in [0.29, 0.717) is 5.69 Å². The van der Waals surface area contributed by atoms with Crippen molar-refractivity contribution >= 4 is 27.7 Å². The molecule has 0 bridgehead atoms. The molecular weight excluding hydrogens is 393 g/mol. The molecule has 128 valence electrons. The normalized spacial score (nSPS) is 11.8. The Labute approximate surface area is 151 Å². The summed E-state index contributed by atoms with van der Waals surface area (Å²) in [4.78, 5) is 12.3. The highest BCUT2D eigenvalue weighted by atomic mass is 79.9. The van der Waals surface area contributed by atoms with Crippen LogP contribution in [0.4, 0.5) is 10.2 Å². The molecule has 0 aliphatic carbocycles. The summed E-state index contributed by atoms with van der Waals surface area (Å²) in [5.41, 5.74) is 1.11. The van der Waals surface area contributed by atoms with Gasteiger partial charge in [-0.15, -0.1) is 0 Å². The van der Waals surface area contributed by atoms with Gasteiger partial charge in [0.25, 0.3) is 5.91 Å². The highest BCUT2D eigenvalue weighted by Crippen LogP contribution is 2.26. The van der Waals surface area contributed by atoms with Crippen LogP contribution >= 0.6 is 15.9 Å². The molecule has 6 nitrogen and oxygen atoms in total. The first kappa shape index (κ1) is 17.1. The molecule has 0 aliphatic heterocycles. The predicted molar refractivity (Wildman–Crippen MR) is 92.6 cm³/mol. The Balaban J connectivity index is 1.72. The summed E-state index contributed by atoms with van der Waals surface area (Å²) >= 11 is 3.35. The SMILES string of the molecule is CC(Oc1ccccc1F)C(=O)Nc1nonc1-c1ccc(Br)cc1. The lowest BCUT2D eigenvalue weighted by Gasteiger charge is -2.14. The van der Waals surface area contributed by atoms with Crippen LogP contribution in [0, 0.1) is 5.82 Å². The topological polar surface area (TPSA) is 77.2 Å². The van der Waals surface area contributed by atoms with Gasteiger partial charge >= 0.3 is 0 Å². The number of carbonyl (C=O) groups excluding carboxylic acids is 1. The first-order valence-corrected chi connectivity index (χ1v) is 8.14. The average Bonchev–Trinajstić information content (AvgIpc) is 3.05. The summed E-state index contributed by atoms with van der Waals surface area (Å²) in [6.07, 6.45) is -0.939. The number of anilines is 1. The maximum Gasteiger partial charge on any atom is 0.266 e. The molecule has 1 atom stereocenters. The van der Waals surface area contributed by atoms with E-state index in [0.717, 1.165) is 10.0 Å². The minimum atomic E-state index is -0.939. The summed E-state index contributed by atoms with van der Waals surface area (Å²) in [5.74, 6) is -0.883. The number of hydrogen-bond acceptors (Lipinski definition) is 5. The minimum Gasteiger partial charge on any atom is -0.478 e. The van der Waals surface area contributed by atoms with Crippen molar-refractivity contribution < 1.29 is 18.6 Å². The number of benzene rings is 2. The lowest BCUT2D eigenvalue weighted by atomic mass is 10.1. The largest absolute Gasteiger partial charge is 0.478 e. The lowest BCUT2D eigenvalue weighted by Crippen LogP contribution is -2.30. The maximum atomic E-state index is 13.6. The highest BCUT2D eigenvalue weighted by Gasteiger charge is 2.21. The fourth-order valence-corrected chi connectivity index (χ4v) is 2.33. The van der Waals surface area contributed by atoms with E-state index in [1.165, 1.54) is 19.1 Å². The van der Waals surface area contributed by atoms with Crippen LogP contribution in [-0.2, 0) is 4.79 Å². The monoisotopic (exact) mass is 405 g/mol. The molecule has 25 heavy (non-hydrogen) atoms. The number of rotatable bonds is 5. The number of hydrogen-bond donors (Lipinski definition) is 1. The number of para-hydroxylation sites is 1. The van der Waals surface area contributed by atoms with Gasteiger partial charge in [-0.25, -0.2) is 9.02 Å². The van der Waals surface area contributed by atoms with Crippen molar-refractivity contribution in [3.63, 3.8) is 0 Å². The summed E-state index contributed by atoms with van der Waals surface area (Å²) < 4.78 is 24.6. The summed E-state index contributed by atoms with van der Waals surface area (Å²) in [6.45, 7) is 1.51. The molecule has 2 aromatic carbocycles. The van der Waals surface area contributed by atoms with E-state index in [1.54, 1.807) is 24.3 Å². The van der Waals surface area contributed by atoms with Gasteiger partial charge in [-0.2, -0.15) is 0 Å². The molecule has 0 saturated carbocycles. The Hall–Kier alpha value is -2.74. The van der Waals surface area contributed by atoms with Crippen molar-refractivity contribution in [2.24, 2.45) is 0 Å². The molecule has 1 N–H and O–H groups in total. The molecule has 0 radical (unpaired) electrons. The van der Waals surface area contributed by atoms with Gasteiger partial charge in [0.2, 0.25) is 5.82 Å². The quantitative estimate of drug-likeness (QED) is 0.692. The van der Waals surface area contributed by atoms with Crippen LogP contribution in [-0.4, -0.2) is 22.3 Å². The van der Waals surface area contributed by atoms with E-state index in [-0.39, 0.29) is 11.6 Å². The predicted octanol–water partition coefficient (Wildman–Crippen LogP) is 4.04. The number of nitrogens with one attached hydrogen (secondary N) is 1. The smallest absolute Gasteiger partial charge is 0.266 e. The van der Waals surface area contributed by atoms with Gasteiger partial charge in [-0.3, -0.25) is 4.79 Å². The molecule has 1 amide bonds. The second-order valence-electron chi connectivity index (χ2n) is 5.15. The van der Waals surface area contributed by atoms with Crippen molar-refractivity contribution in [3.8, 4) is 17.0 Å². The molecule has 3 rings (SSSR count). The van der Waals surface area contributed by atoms with Gasteiger partial charge < -0.3 is 10.1 Å². The van der Waals surface area contributed by atoms with Gasteiger partial charge in [0.1, 0.15) is 0 Å². The first-order chi connectivity index (χ1) is 12.0. The zero-order chi connectivity index (χ0) is 17.8. The number of nitrogens with zero attached hydrogens (tertiary/aromatic N) is 2. The average molecular weight is 406 g/mol. The van der Waals surface area contributed by atoms with E-state index in [9.17, 15) is 9.18 Å². The standard InChI is InChI=1S/C17H13BrFN3O3/c1-10(24-14-5-3-2-4-13(14)19)17(23)20-16-15(21-25-22-16)11-6-8-12(18)9-7-11/h2-10H,1H3,(H,20,22,23). The Morgan fingerprint density at radius 1 is 1.20 bits per heavy atom. The van der Waals surface area contributed by atoms with Gasteiger partial charge in [0, 0.05) is 10.0 Å². The van der Waals surface area contributed by atoms with Gasteiger partial charge in [0.15, 0.2) is 23.4 Å². The number of amides is 1. The fourth-order valence-electron chi connectivity index (χ4n) is 2.07. The summed E-state index contributed by atoms with van der Waals surface area (Å²) in [7, 11) is 0. The first-order valence-electron chi connectivity index (χ1n) is 7.35. The molecule has 1 aromatic heterocycles. The lowest BCUT2D eigenvalue weighted by molar-refractivity contribution is -0.122. The molecule has 3 aromatic rings. The third-order valence-electron chi connectivity index (χ3n) is 3.36. The zero-order valence-electron chi connectivity index (χ0n) is 13.1. The summed E-state index contributed by atoms with van der Waals surface area (Å²) in [5, 5.41) is 10.1. The van der Waals surface area contributed by atoms with Gasteiger partial charge in [-0.1, -0.05) is 40.2 Å². The van der Waals surface area contributed by atoms with Crippen LogP contribution in [0.2, 0.25) is 0 Å². The van der Waals surface area contributed by atoms with Gasteiger partial charge in [0.05, 0.1) is 0 Å². The van der Waals surface area contributed by atoms with Crippen LogP contribution < -0.4 is 10.1 Å². The van der Waals surface area contributed by atoms with E-state index in [4.69, 9.17) is 9.37 Å². The van der Waals surface area contributed by atoms with Gasteiger partial charge in [-0.05, 0) is 41.5 Å². The van der Waals surface area contributed by atoms with Crippen molar-refractivity contribution in [3.05, 3.63) is 58.8 Å². The Bertz CT molecular complexity index is 883. The van der Waals surface area contributed by atoms with Crippen LogP contribution in [0.1, 0.15) is 6.92 Å². The van der Waals surface area contributed by atoms with Crippen LogP contribution in [0.25, 0.3) is 11.3 Å². The molecular formula is C17H13BrFN3O3. The molecule has 1 heterocycles. The van der Waals surface area contributed by atoms with E-state index >= 15 is 0 Å². The third-order valence-corrected chi connectivity index (χ3v) is 3.89. The second kappa shape index (κ2) is 7.43. The molecule has 8 heteroatoms. The van der Waals surface area contributed by atoms with E-state index in [1.807, 2.05) is 12.1 Å². The van der Waals surface area contributed by atoms with Crippen LogP contribution in [0.3, 0.4) is 0 Å². The van der Waals surface area contributed by atoms with Crippen LogP contribution in [0.15, 0.2) is 57.6 Å². The fraction of sp³-hybridized carbons (Fsp3) is 0.118. The molecule has 1 unspecified atom stereocenters. The highest BCUT2D eigenvalue weighted by molar-refractivity contribution is 9.10. The molecule has 0 saturated heterocycles. The van der Waals surface area contributed by atoms with E-state index < -0.39 is 17.8 Å². The number of aromatic nitrogens is 2. The van der Waals surface area contributed by atoms with Crippen molar-refractivity contribution in [1.29, 1.82) is 0 Å².